The minimum Gasteiger partial charge on any atom is -0.322 e. The smallest absolute Gasteiger partial charge is 0.241 e. The molecule has 2 atom stereocenters. The number of fused-ring (bicyclic) bond motifs is 1. The third-order valence-corrected chi connectivity index (χ3v) is 8.12. The maximum atomic E-state index is 13.2. The molecule has 4 nitrogen and oxygen atoms in total. The van der Waals surface area contributed by atoms with Gasteiger partial charge in [-0.15, -0.1) is 0 Å². The minimum absolute atomic E-state index is 0. The van der Waals surface area contributed by atoms with Crippen molar-refractivity contribution in [1.82, 2.24) is 4.72 Å². The van der Waals surface area contributed by atoms with Crippen molar-refractivity contribution in [3.05, 3.63) is 149 Å². The summed E-state index contributed by atoms with van der Waals surface area (Å²) >= 11 is 0. The second-order valence-electron chi connectivity index (χ2n) is 9.54. The SMILES string of the molecule is Cc1ccc(C)c(C)c1.N[C@@H](c1ccccc1)[C@@H](NS(=O)(=O)c1ccc2ccccc2c1)c1ccccc1.[Ru]. The summed E-state index contributed by atoms with van der Waals surface area (Å²) in [7, 11) is -3.78. The summed E-state index contributed by atoms with van der Waals surface area (Å²) in [6.45, 7) is 6.39. The molecule has 5 aromatic carbocycles. The molecule has 3 N–H and O–H groups in total. The molecule has 0 aromatic heterocycles. The van der Waals surface area contributed by atoms with Crippen LogP contribution < -0.4 is 10.5 Å². The first kappa shape index (κ1) is 30.4. The molecule has 0 heterocycles. The Labute approximate surface area is 245 Å². The minimum atomic E-state index is -3.78. The van der Waals surface area contributed by atoms with E-state index in [9.17, 15) is 8.42 Å². The van der Waals surface area contributed by atoms with Crippen molar-refractivity contribution in [2.75, 3.05) is 0 Å². The zero-order valence-corrected chi connectivity index (χ0v) is 24.9. The molecule has 0 aliphatic heterocycles. The first-order valence-electron chi connectivity index (χ1n) is 12.6. The Hall–Kier alpha value is -3.15. The van der Waals surface area contributed by atoms with Crippen LogP contribution in [-0.4, -0.2) is 8.42 Å². The van der Waals surface area contributed by atoms with Crippen LogP contribution in [-0.2, 0) is 29.5 Å². The van der Waals surface area contributed by atoms with E-state index in [1.807, 2.05) is 91.0 Å². The van der Waals surface area contributed by atoms with Crippen LogP contribution in [0, 0.1) is 20.8 Å². The summed E-state index contributed by atoms with van der Waals surface area (Å²) in [6, 6.07) is 37.1. The molecule has 0 saturated carbocycles. The number of hydrogen-bond acceptors (Lipinski definition) is 3. The van der Waals surface area contributed by atoms with Gasteiger partial charge in [-0.3, -0.25) is 0 Å². The van der Waals surface area contributed by atoms with Gasteiger partial charge in [0.2, 0.25) is 10.0 Å². The maximum Gasteiger partial charge on any atom is 0.241 e. The van der Waals surface area contributed by atoms with E-state index < -0.39 is 22.1 Å². The zero-order chi connectivity index (χ0) is 27.1. The topological polar surface area (TPSA) is 72.2 Å². The monoisotopic (exact) mass is 624 g/mol. The van der Waals surface area contributed by atoms with Crippen LogP contribution in [0.4, 0.5) is 0 Å². The van der Waals surface area contributed by atoms with Crippen molar-refractivity contribution in [3.8, 4) is 0 Å². The quantitative estimate of drug-likeness (QED) is 0.197. The summed E-state index contributed by atoms with van der Waals surface area (Å²) < 4.78 is 29.3. The third kappa shape index (κ3) is 7.94. The molecular weight excluding hydrogens is 590 g/mol. The molecule has 0 saturated heterocycles. The van der Waals surface area contributed by atoms with E-state index in [1.165, 1.54) is 16.7 Å². The van der Waals surface area contributed by atoms with E-state index in [4.69, 9.17) is 5.73 Å². The second-order valence-corrected chi connectivity index (χ2v) is 11.3. The van der Waals surface area contributed by atoms with E-state index >= 15 is 0 Å². The average molecular weight is 624 g/mol. The average Bonchev–Trinajstić information content (AvgIpc) is 2.94. The predicted molar refractivity (Wildman–Crippen MR) is 157 cm³/mol. The van der Waals surface area contributed by atoms with Crippen LogP contribution in [0.2, 0.25) is 0 Å². The van der Waals surface area contributed by atoms with E-state index in [1.54, 1.807) is 12.1 Å². The second kappa shape index (κ2) is 13.8. The Morgan fingerprint density at radius 1 is 0.615 bits per heavy atom. The molecule has 6 heteroatoms. The van der Waals surface area contributed by atoms with Crippen LogP contribution in [0.25, 0.3) is 10.8 Å². The molecule has 5 rings (SSSR count). The number of nitrogens with one attached hydrogen (secondary N) is 1. The van der Waals surface area contributed by atoms with Crippen LogP contribution in [0.15, 0.2) is 126 Å². The number of rotatable bonds is 6. The van der Waals surface area contributed by atoms with Crippen molar-refractivity contribution in [3.63, 3.8) is 0 Å². The Morgan fingerprint density at radius 3 is 1.77 bits per heavy atom. The van der Waals surface area contributed by atoms with Gasteiger partial charge in [0, 0.05) is 19.5 Å². The summed E-state index contributed by atoms with van der Waals surface area (Å²) in [6.07, 6.45) is 0. The predicted octanol–water partition coefficient (Wildman–Crippen LogP) is 7.17. The number of hydrogen-bond donors (Lipinski definition) is 2. The Kier molecular flexibility index (Phi) is 10.7. The van der Waals surface area contributed by atoms with Gasteiger partial charge in [-0.25, -0.2) is 13.1 Å². The van der Waals surface area contributed by atoms with Crippen LogP contribution in [0.3, 0.4) is 0 Å². The molecule has 0 aliphatic carbocycles. The fourth-order valence-corrected chi connectivity index (χ4v) is 5.62. The summed E-state index contributed by atoms with van der Waals surface area (Å²) in [5.74, 6) is 0. The van der Waals surface area contributed by atoms with Gasteiger partial charge in [-0.1, -0.05) is 115 Å². The van der Waals surface area contributed by atoms with Crippen molar-refractivity contribution in [1.29, 1.82) is 0 Å². The first-order valence-corrected chi connectivity index (χ1v) is 14.1. The zero-order valence-electron chi connectivity index (χ0n) is 22.4. The van der Waals surface area contributed by atoms with Gasteiger partial charge in [0.15, 0.2) is 0 Å². The van der Waals surface area contributed by atoms with Gasteiger partial charge in [0.05, 0.1) is 17.0 Å². The molecule has 0 fully saturated rings. The normalized spacial score (nSPS) is 12.5. The fourth-order valence-electron chi connectivity index (χ4n) is 4.34. The molecule has 39 heavy (non-hydrogen) atoms. The summed E-state index contributed by atoms with van der Waals surface area (Å²) in [4.78, 5) is 0.220. The molecular formula is C33H34N2O2RuS. The Morgan fingerprint density at radius 2 is 1.18 bits per heavy atom. The van der Waals surface area contributed by atoms with Gasteiger partial charge in [0.1, 0.15) is 0 Å². The summed E-state index contributed by atoms with van der Waals surface area (Å²) in [5, 5.41) is 1.87. The van der Waals surface area contributed by atoms with Gasteiger partial charge in [-0.2, -0.15) is 0 Å². The number of sulfonamides is 1. The Bertz CT molecular complexity index is 1610. The standard InChI is InChI=1S/C24H22N2O2S.C9H12.Ru/c25-23(19-10-3-1-4-11-19)24(20-12-5-2-6-13-20)26-29(27,28)22-16-15-18-9-7-8-14-21(18)17-22;1-7-4-5-8(2)9(3)6-7;/h1-17,23-24,26H,25H2;4-6H,1-3H3;/t23-,24-;;/m0../s1. The fraction of sp³-hybridized carbons (Fsp3) is 0.152. The van der Waals surface area contributed by atoms with Gasteiger partial charge < -0.3 is 5.73 Å². The van der Waals surface area contributed by atoms with Crippen molar-refractivity contribution < 1.29 is 27.9 Å². The molecule has 0 unspecified atom stereocenters. The maximum absolute atomic E-state index is 13.2. The van der Waals surface area contributed by atoms with Crippen LogP contribution >= 0.6 is 0 Å². The molecule has 0 radical (unpaired) electrons. The number of aryl methyl sites for hydroxylation is 3. The van der Waals surface area contributed by atoms with Crippen molar-refractivity contribution in [2.45, 2.75) is 37.8 Å². The van der Waals surface area contributed by atoms with Gasteiger partial charge in [-0.05, 0) is 65.9 Å². The molecule has 0 aliphatic rings. The van der Waals surface area contributed by atoms with Crippen molar-refractivity contribution in [2.24, 2.45) is 5.73 Å². The molecule has 202 valence electrons. The molecule has 0 amide bonds. The van der Waals surface area contributed by atoms with E-state index in [2.05, 4.69) is 43.7 Å². The third-order valence-electron chi connectivity index (χ3n) is 6.68. The van der Waals surface area contributed by atoms with Gasteiger partial charge in [0.25, 0.3) is 0 Å². The largest absolute Gasteiger partial charge is 0.322 e. The first-order chi connectivity index (χ1) is 18.2. The number of nitrogens with two attached hydrogens (primary N) is 1. The van der Waals surface area contributed by atoms with Gasteiger partial charge >= 0.3 is 0 Å². The molecule has 5 aromatic rings. The van der Waals surface area contributed by atoms with Crippen LogP contribution in [0.5, 0.6) is 0 Å². The Balaban J connectivity index is 0.000000359. The summed E-state index contributed by atoms with van der Waals surface area (Å²) in [5.41, 5.74) is 12.3. The van der Waals surface area contributed by atoms with E-state index in [0.29, 0.717) is 0 Å². The van der Waals surface area contributed by atoms with E-state index in [-0.39, 0.29) is 24.4 Å². The molecule has 0 bridgehead atoms. The van der Waals surface area contributed by atoms with E-state index in [0.717, 1.165) is 21.9 Å². The number of benzene rings is 5. The molecule has 0 spiro atoms. The van der Waals surface area contributed by atoms with Crippen LogP contribution in [0.1, 0.15) is 39.9 Å². The van der Waals surface area contributed by atoms with Crippen molar-refractivity contribution >= 4 is 20.8 Å².